The fourth-order valence-corrected chi connectivity index (χ4v) is 3.32. The van der Waals surface area contributed by atoms with Crippen LogP contribution in [0.4, 0.5) is 0 Å². The van der Waals surface area contributed by atoms with Gasteiger partial charge in [-0.1, -0.05) is 18.5 Å². The molecule has 112 valence electrons. The summed E-state index contributed by atoms with van der Waals surface area (Å²) in [6.07, 6.45) is 2.88. The second-order valence-electron chi connectivity index (χ2n) is 5.45. The van der Waals surface area contributed by atoms with Crippen molar-refractivity contribution in [2.75, 3.05) is 13.1 Å². The molecule has 0 aliphatic carbocycles. The molecule has 0 amide bonds. The molecule has 1 aromatic heterocycles. The average Bonchev–Trinajstić information content (AvgIpc) is 2.89. The molecule has 6 heteroatoms. The zero-order valence-electron chi connectivity index (χ0n) is 11.9. The lowest BCUT2D eigenvalue weighted by molar-refractivity contribution is 0.194. The molecule has 1 aliphatic heterocycles. The van der Waals surface area contributed by atoms with E-state index in [1.54, 1.807) is 22.8 Å². The van der Waals surface area contributed by atoms with Gasteiger partial charge in [-0.2, -0.15) is 0 Å². The molecule has 1 aromatic carbocycles. The maximum atomic E-state index is 12.4. The third-order valence-electron chi connectivity index (χ3n) is 4.02. The number of rotatable bonds is 3. The van der Waals surface area contributed by atoms with Crippen LogP contribution < -0.4 is 11.1 Å². The molecule has 5 nitrogen and oxygen atoms in total. The molecule has 1 fully saturated rings. The Morgan fingerprint density at radius 1 is 1.38 bits per heavy atom. The molecule has 1 aliphatic rings. The zero-order chi connectivity index (χ0) is 15.0. The van der Waals surface area contributed by atoms with Gasteiger partial charge in [0.2, 0.25) is 0 Å². The molecular weight excluding hydrogens is 290 g/mol. The van der Waals surface area contributed by atoms with E-state index in [9.17, 15) is 9.59 Å². The molecule has 0 saturated carbocycles. The van der Waals surface area contributed by atoms with E-state index in [-0.39, 0.29) is 6.17 Å². The Balaban J connectivity index is 2.25. The Bertz CT molecular complexity index is 781. The first-order valence-corrected chi connectivity index (χ1v) is 7.67. The smallest absolute Gasteiger partial charge is 0.316 e. The number of nitrogens with one attached hydrogen (secondary N) is 1. The van der Waals surface area contributed by atoms with Crippen molar-refractivity contribution >= 4 is 22.6 Å². The van der Waals surface area contributed by atoms with E-state index in [0.29, 0.717) is 16.1 Å². The predicted octanol–water partition coefficient (Wildman–Crippen LogP) is 2.35. The number of likely N-dealkylation sites (tertiary alicyclic amines) is 1. The minimum atomic E-state index is -0.576. The number of fused-ring (bicyclic) bond motifs is 1. The number of halogens is 1. The highest BCUT2D eigenvalue weighted by atomic mass is 35.5. The third kappa shape index (κ3) is 2.51. The summed E-state index contributed by atoms with van der Waals surface area (Å²) < 4.78 is 1.61. The van der Waals surface area contributed by atoms with Gasteiger partial charge in [0.1, 0.15) is 0 Å². The van der Waals surface area contributed by atoms with Gasteiger partial charge in [-0.3, -0.25) is 19.1 Å². The molecule has 0 spiro atoms. The van der Waals surface area contributed by atoms with Crippen molar-refractivity contribution in [2.45, 2.75) is 32.4 Å². The van der Waals surface area contributed by atoms with Crippen LogP contribution in [0.1, 0.15) is 32.4 Å². The van der Waals surface area contributed by atoms with Crippen LogP contribution in [0.2, 0.25) is 5.02 Å². The van der Waals surface area contributed by atoms with Crippen molar-refractivity contribution in [1.29, 1.82) is 0 Å². The van der Waals surface area contributed by atoms with E-state index >= 15 is 0 Å². The van der Waals surface area contributed by atoms with Gasteiger partial charge in [0.05, 0.1) is 17.2 Å². The van der Waals surface area contributed by atoms with Crippen molar-refractivity contribution in [3.8, 4) is 0 Å². The second kappa shape index (κ2) is 5.66. The van der Waals surface area contributed by atoms with Crippen molar-refractivity contribution < 1.29 is 0 Å². The summed E-state index contributed by atoms with van der Waals surface area (Å²) in [5.41, 5.74) is 0.262. The molecule has 1 saturated heterocycles. The number of aromatic amines is 1. The molecule has 1 unspecified atom stereocenters. The van der Waals surface area contributed by atoms with Crippen molar-refractivity contribution in [3.63, 3.8) is 0 Å². The van der Waals surface area contributed by atoms with Gasteiger partial charge in [0.15, 0.2) is 0 Å². The topological polar surface area (TPSA) is 58.1 Å². The summed E-state index contributed by atoms with van der Waals surface area (Å²) in [5, 5.41) is 0.558. The highest BCUT2D eigenvalue weighted by molar-refractivity contribution is 6.31. The van der Waals surface area contributed by atoms with E-state index in [0.717, 1.165) is 32.4 Å². The van der Waals surface area contributed by atoms with Gasteiger partial charge in [-0.25, -0.2) is 0 Å². The quantitative estimate of drug-likeness (QED) is 0.886. The van der Waals surface area contributed by atoms with Gasteiger partial charge < -0.3 is 4.98 Å². The highest BCUT2D eigenvalue weighted by Gasteiger charge is 2.28. The van der Waals surface area contributed by atoms with Crippen LogP contribution in [0.15, 0.2) is 27.8 Å². The number of benzene rings is 1. The van der Waals surface area contributed by atoms with E-state index in [1.807, 2.05) is 0 Å². The molecule has 21 heavy (non-hydrogen) atoms. The Morgan fingerprint density at radius 2 is 2.19 bits per heavy atom. The van der Waals surface area contributed by atoms with Crippen LogP contribution in [-0.2, 0) is 0 Å². The van der Waals surface area contributed by atoms with Crippen LogP contribution in [-0.4, -0.2) is 27.5 Å². The maximum absolute atomic E-state index is 12.4. The lowest BCUT2D eigenvalue weighted by Gasteiger charge is -2.26. The molecule has 0 bridgehead atoms. The zero-order valence-corrected chi connectivity index (χ0v) is 12.7. The number of nitrogens with zero attached hydrogens (tertiary/aromatic N) is 2. The normalized spacial score (nSPS) is 19.4. The van der Waals surface area contributed by atoms with Crippen molar-refractivity contribution in [2.24, 2.45) is 0 Å². The summed E-state index contributed by atoms with van der Waals surface area (Å²) >= 11 is 6.07. The number of aromatic nitrogens is 2. The van der Waals surface area contributed by atoms with Gasteiger partial charge in [0, 0.05) is 11.6 Å². The fraction of sp³-hybridized carbons (Fsp3) is 0.467. The van der Waals surface area contributed by atoms with Crippen LogP contribution in [0.5, 0.6) is 0 Å². The van der Waals surface area contributed by atoms with Crippen molar-refractivity contribution in [1.82, 2.24) is 14.5 Å². The molecule has 1 atom stereocenters. The van der Waals surface area contributed by atoms with E-state index in [1.165, 1.54) is 0 Å². The Hall–Kier alpha value is -1.59. The maximum Gasteiger partial charge on any atom is 0.318 e. The average molecular weight is 308 g/mol. The van der Waals surface area contributed by atoms with Crippen LogP contribution in [0, 0.1) is 0 Å². The summed E-state index contributed by atoms with van der Waals surface area (Å²) in [5.74, 6) is 0. The van der Waals surface area contributed by atoms with Crippen LogP contribution in [0.3, 0.4) is 0 Å². The summed E-state index contributed by atoms with van der Waals surface area (Å²) in [4.78, 5) is 29.2. The molecule has 1 N–H and O–H groups in total. The Kier molecular flexibility index (Phi) is 3.87. The highest BCUT2D eigenvalue weighted by Crippen LogP contribution is 2.28. The SMILES string of the molecule is CCCN1CCCC1n1c(=O)c(=O)[nH]c2ccc(Cl)cc21. The molecule has 2 aromatic rings. The third-order valence-corrected chi connectivity index (χ3v) is 4.25. The summed E-state index contributed by atoms with van der Waals surface area (Å²) in [6, 6.07) is 5.21. The van der Waals surface area contributed by atoms with Gasteiger partial charge in [-0.15, -0.1) is 0 Å². The lowest BCUT2D eigenvalue weighted by atomic mass is 10.2. The molecule has 3 rings (SSSR count). The fourth-order valence-electron chi connectivity index (χ4n) is 3.15. The number of hydrogen-bond donors (Lipinski definition) is 1. The Morgan fingerprint density at radius 3 is 2.95 bits per heavy atom. The first kappa shape index (κ1) is 14.4. The molecular formula is C15H18ClN3O2. The first-order chi connectivity index (χ1) is 10.1. The van der Waals surface area contributed by atoms with Crippen LogP contribution >= 0.6 is 11.6 Å². The van der Waals surface area contributed by atoms with E-state index in [4.69, 9.17) is 11.6 Å². The van der Waals surface area contributed by atoms with Crippen LogP contribution in [0.25, 0.3) is 11.0 Å². The van der Waals surface area contributed by atoms with Gasteiger partial charge in [-0.05, 0) is 44.0 Å². The Labute approximate surface area is 127 Å². The minimum absolute atomic E-state index is 0.0549. The van der Waals surface area contributed by atoms with E-state index in [2.05, 4.69) is 16.8 Å². The van der Waals surface area contributed by atoms with Gasteiger partial charge >= 0.3 is 11.1 Å². The predicted molar refractivity (Wildman–Crippen MR) is 84.0 cm³/mol. The lowest BCUT2D eigenvalue weighted by Crippen LogP contribution is -2.42. The van der Waals surface area contributed by atoms with Crippen molar-refractivity contribution in [3.05, 3.63) is 43.9 Å². The van der Waals surface area contributed by atoms with Gasteiger partial charge in [0.25, 0.3) is 0 Å². The minimum Gasteiger partial charge on any atom is -0.316 e. The number of H-pyrrole nitrogens is 1. The second-order valence-corrected chi connectivity index (χ2v) is 5.89. The standard InChI is InChI=1S/C15H18ClN3O2/c1-2-7-18-8-3-4-13(18)19-12-9-10(16)5-6-11(12)17-14(20)15(19)21/h5-6,9,13H,2-4,7-8H2,1H3,(H,17,20). The molecule has 2 heterocycles. The van der Waals surface area contributed by atoms with E-state index < -0.39 is 11.1 Å². The summed E-state index contributed by atoms with van der Waals surface area (Å²) in [7, 11) is 0. The molecule has 0 radical (unpaired) electrons. The monoisotopic (exact) mass is 307 g/mol. The summed E-state index contributed by atoms with van der Waals surface area (Å²) in [6.45, 7) is 4.00. The largest absolute Gasteiger partial charge is 0.318 e. The number of hydrogen-bond acceptors (Lipinski definition) is 3. The first-order valence-electron chi connectivity index (χ1n) is 7.30.